The third kappa shape index (κ3) is 5.76. The highest BCUT2D eigenvalue weighted by molar-refractivity contribution is 5.23. The van der Waals surface area contributed by atoms with Crippen molar-refractivity contribution < 1.29 is 5.11 Å². The van der Waals surface area contributed by atoms with E-state index in [-0.39, 0.29) is 5.41 Å². The number of allylic oxidation sites excluding steroid dienone is 3. The van der Waals surface area contributed by atoms with Crippen LogP contribution < -0.4 is 5.73 Å². The summed E-state index contributed by atoms with van der Waals surface area (Å²) in [5, 5.41) is 9.94. The lowest BCUT2D eigenvalue weighted by molar-refractivity contribution is 0.114. The van der Waals surface area contributed by atoms with Crippen LogP contribution in [0.15, 0.2) is 36.1 Å². The first-order valence-corrected chi connectivity index (χ1v) is 5.88. The van der Waals surface area contributed by atoms with Crippen molar-refractivity contribution in [3.8, 4) is 0 Å². The number of aliphatic hydroxyl groups is 1. The van der Waals surface area contributed by atoms with Crippen LogP contribution in [0.5, 0.6) is 0 Å². The average molecular weight is 223 g/mol. The quantitative estimate of drug-likeness (QED) is 0.620. The number of rotatable bonds is 0. The van der Waals surface area contributed by atoms with Crippen LogP contribution in [0.4, 0.5) is 0 Å². The second kappa shape index (κ2) is 5.90. The smallest absolute Gasteiger partial charge is 0.0835 e. The van der Waals surface area contributed by atoms with Gasteiger partial charge in [-0.1, -0.05) is 52.0 Å². The topological polar surface area (TPSA) is 46.2 Å². The summed E-state index contributed by atoms with van der Waals surface area (Å²) in [6.45, 7) is 9.94. The molecule has 0 fully saturated rings. The SMILES string of the molecule is CC.CC1(C)/C=C\C(N)=CCC(C)(O)/C=C\1. The molecule has 0 saturated carbocycles. The molecule has 92 valence electrons. The van der Waals surface area contributed by atoms with Crippen molar-refractivity contribution in [3.63, 3.8) is 0 Å². The minimum Gasteiger partial charge on any atom is -0.399 e. The third-order valence-electron chi connectivity index (χ3n) is 2.33. The van der Waals surface area contributed by atoms with Gasteiger partial charge in [-0.05, 0) is 19.4 Å². The molecule has 0 radical (unpaired) electrons. The molecule has 0 spiro atoms. The van der Waals surface area contributed by atoms with Crippen LogP contribution in [0.2, 0.25) is 0 Å². The summed E-state index contributed by atoms with van der Waals surface area (Å²) >= 11 is 0. The lowest BCUT2D eigenvalue weighted by Crippen LogP contribution is -2.20. The Morgan fingerprint density at radius 3 is 2.25 bits per heavy atom. The van der Waals surface area contributed by atoms with Gasteiger partial charge < -0.3 is 10.8 Å². The van der Waals surface area contributed by atoms with Crippen LogP contribution >= 0.6 is 0 Å². The maximum absolute atomic E-state index is 9.94. The molecule has 1 rings (SSSR count). The standard InChI is InChI=1S/C12H19NO.C2H6/c1-11(2)6-4-10(13)5-7-12(3,14)9-8-11;1-2/h4-6,8-9,14H,7,13H2,1-3H3;1-2H3/b6-4-,9-8-,10-5?;. The molecule has 1 atom stereocenters. The number of hydrogen-bond donors (Lipinski definition) is 2. The molecule has 16 heavy (non-hydrogen) atoms. The highest BCUT2D eigenvalue weighted by atomic mass is 16.3. The summed E-state index contributed by atoms with van der Waals surface area (Å²) in [4.78, 5) is 0. The Morgan fingerprint density at radius 1 is 1.12 bits per heavy atom. The van der Waals surface area contributed by atoms with Crippen molar-refractivity contribution in [1.29, 1.82) is 0 Å². The Kier molecular flexibility index (Phi) is 5.52. The molecule has 1 aliphatic rings. The largest absolute Gasteiger partial charge is 0.399 e. The highest BCUT2D eigenvalue weighted by Crippen LogP contribution is 2.24. The molecule has 0 heterocycles. The molecule has 1 unspecified atom stereocenters. The first kappa shape index (κ1) is 15.0. The fourth-order valence-corrected chi connectivity index (χ4v) is 1.22. The zero-order valence-corrected chi connectivity index (χ0v) is 11.1. The van der Waals surface area contributed by atoms with E-state index in [9.17, 15) is 5.11 Å². The second-order valence-corrected chi connectivity index (χ2v) is 4.75. The minimum atomic E-state index is -0.798. The summed E-state index contributed by atoms with van der Waals surface area (Å²) < 4.78 is 0. The predicted molar refractivity (Wildman–Crippen MR) is 70.9 cm³/mol. The summed E-state index contributed by atoms with van der Waals surface area (Å²) in [5.74, 6) is 0. The molecular weight excluding hydrogens is 198 g/mol. The summed E-state index contributed by atoms with van der Waals surface area (Å²) in [6.07, 6.45) is 10.2. The molecule has 0 aromatic heterocycles. The Hall–Kier alpha value is -1.02. The van der Waals surface area contributed by atoms with E-state index in [2.05, 4.69) is 13.8 Å². The maximum Gasteiger partial charge on any atom is 0.0835 e. The molecular formula is C14H25NO. The third-order valence-corrected chi connectivity index (χ3v) is 2.33. The van der Waals surface area contributed by atoms with E-state index in [1.54, 1.807) is 6.92 Å². The molecule has 0 aromatic carbocycles. The van der Waals surface area contributed by atoms with Crippen molar-refractivity contribution in [2.75, 3.05) is 0 Å². The van der Waals surface area contributed by atoms with Gasteiger partial charge in [0.1, 0.15) is 0 Å². The van der Waals surface area contributed by atoms with Gasteiger partial charge in [-0.25, -0.2) is 0 Å². The van der Waals surface area contributed by atoms with E-state index in [1.807, 2.05) is 44.2 Å². The fraction of sp³-hybridized carbons (Fsp3) is 0.571. The summed E-state index contributed by atoms with van der Waals surface area (Å²) in [5.41, 5.74) is 5.60. The minimum absolute atomic E-state index is 0.0627. The molecule has 0 amide bonds. The van der Waals surface area contributed by atoms with Crippen molar-refractivity contribution in [3.05, 3.63) is 36.1 Å². The normalized spacial score (nSPS) is 32.0. The van der Waals surface area contributed by atoms with Gasteiger partial charge in [-0.2, -0.15) is 0 Å². The highest BCUT2D eigenvalue weighted by Gasteiger charge is 2.18. The van der Waals surface area contributed by atoms with Gasteiger partial charge in [0.15, 0.2) is 0 Å². The Morgan fingerprint density at radius 2 is 1.69 bits per heavy atom. The lowest BCUT2D eigenvalue weighted by atomic mass is 9.90. The van der Waals surface area contributed by atoms with Crippen molar-refractivity contribution in [1.82, 2.24) is 0 Å². The van der Waals surface area contributed by atoms with Gasteiger partial charge in [0.25, 0.3) is 0 Å². The van der Waals surface area contributed by atoms with Gasteiger partial charge >= 0.3 is 0 Å². The molecule has 1 aliphatic carbocycles. The first-order valence-electron chi connectivity index (χ1n) is 5.88. The van der Waals surface area contributed by atoms with Crippen LogP contribution in [0.3, 0.4) is 0 Å². The van der Waals surface area contributed by atoms with E-state index < -0.39 is 5.60 Å². The Balaban J connectivity index is 0.00000106. The average Bonchev–Trinajstić information content (AvgIpc) is 2.27. The van der Waals surface area contributed by atoms with E-state index in [0.29, 0.717) is 12.1 Å². The zero-order chi connectivity index (χ0) is 12.8. The van der Waals surface area contributed by atoms with E-state index in [0.717, 1.165) is 0 Å². The zero-order valence-electron chi connectivity index (χ0n) is 11.1. The van der Waals surface area contributed by atoms with Crippen molar-refractivity contribution in [2.24, 2.45) is 11.1 Å². The van der Waals surface area contributed by atoms with Crippen molar-refractivity contribution >= 4 is 0 Å². The molecule has 2 nitrogen and oxygen atoms in total. The van der Waals surface area contributed by atoms with Crippen LogP contribution in [0.1, 0.15) is 41.0 Å². The molecule has 3 N–H and O–H groups in total. The van der Waals surface area contributed by atoms with E-state index in [1.165, 1.54) is 0 Å². The molecule has 0 aliphatic heterocycles. The van der Waals surface area contributed by atoms with E-state index in [4.69, 9.17) is 5.73 Å². The second-order valence-electron chi connectivity index (χ2n) is 4.75. The first-order chi connectivity index (χ1) is 7.31. The van der Waals surface area contributed by atoms with Gasteiger partial charge in [0, 0.05) is 11.1 Å². The van der Waals surface area contributed by atoms with Crippen LogP contribution in [0.25, 0.3) is 0 Å². The van der Waals surface area contributed by atoms with Crippen LogP contribution in [-0.2, 0) is 0 Å². The molecule has 0 saturated heterocycles. The van der Waals surface area contributed by atoms with E-state index >= 15 is 0 Å². The Labute approximate surface area is 99.5 Å². The summed E-state index contributed by atoms with van der Waals surface area (Å²) in [6, 6.07) is 0. The monoisotopic (exact) mass is 223 g/mol. The number of nitrogens with two attached hydrogens (primary N) is 1. The fourth-order valence-electron chi connectivity index (χ4n) is 1.22. The van der Waals surface area contributed by atoms with Crippen LogP contribution in [-0.4, -0.2) is 10.7 Å². The molecule has 0 aromatic rings. The molecule has 0 bridgehead atoms. The lowest BCUT2D eigenvalue weighted by Gasteiger charge is -2.19. The summed E-state index contributed by atoms with van der Waals surface area (Å²) in [7, 11) is 0. The predicted octanol–water partition coefficient (Wildman–Crippen LogP) is 3.15. The van der Waals surface area contributed by atoms with Gasteiger partial charge in [0.2, 0.25) is 0 Å². The number of hydrogen-bond acceptors (Lipinski definition) is 2. The van der Waals surface area contributed by atoms with Crippen LogP contribution in [0, 0.1) is 5.41 Å². The van der Waals surface area contributed by atoms with Crippen molar-refractivity contribution in [2.45, 2.75) is 46.6 Å². The van der Waals surface area contributed by atoms with Gasteiger partial charge in [-0.15, -0.1) is 0 Å². The maximum atomic E-state index is 9.94. The Bertz CT molecular complexity index is 296. The van der Waals surface area contributed by atoms with Gasteiger partial charge in [-0.3, -0.25) is 0 Å². The molecule has 2 heteroatoms. The van der Waals surface area contributed by atoms with Gasteiger partial charge in [0.05, 0.1) is 5.60 Å².